The van der Waals surface area contributed by atoms with Crippen LogP contribution in [0.2, 0.25) is 0 Å². The van der Waals surface area contributed by atoms with Crippen LogP contribution in [0.15, 0.2) is 12.3 Å². The molecule has 0 bridgehead atoms. The summed E-state index contributed by atoms with van der Waals surface area (Å²) in [5.74, 6) is 0.0547. The Morgan fingerprint density at radius 2 is 2.36 bits per heavy atom. The molecule has 1 aromatic heterocycles. The van der Waals surface area contributed by atoms with Crippen molar-refractivity contribution in [3.63, 3.8) is 0 Å². The van der Waals surface area contributed by atoms with Gasteiger partial charge in [0, 0.05) is 12.1 Å². The molecule has 11 heavy (non-hydrogen) atoms. The van der Waals surface area contributed by atoms with E-state index in [4.69, 9.17) is 11.6 Å². The molecule has 0 spiro atoms. The summed E-state index contributed by atoms with van der Waals surface area (Å²) in [4.78, 5) is 3.91. The van der Waals surface area contributed by atoms with Crippen LogP contribution in [-0.2, 0) is 12.3 Å². The number of hydrogen-bond donors (Lipinski definition) is 0. The topological polar surface area (TPSA) is 12.9 Å². The van der Waals surface area contributed by atoms with Gasteiger partial charge in [-0.1, -0.05) is 6.92 Å². The Kier molecular flexibility index (Phi) is 2.83. The van der Waals surface area contributed by atoms with Crippen molar-refractivity contribution in [3.8, 4) is 0 Å². The largest absolute Gasteiger partial charge is 0.258 e. The average molecular weight is 174 g/mol. The van der Waals surface area contributed by atoms with Gasteiger partial charge in [0.2, 0.25) is 0 Å². The van der Waals surface area contributed by atoms with Crippen LogP contribution in [0.25, 0.3) is 0 Å². The van der Waals surface area contributed by atoms with E-state index in [0.29, 0.717) is 18.0 Å². The quantitative estimate of drug-likeness (QED) is 0.627. The molecular weight excluding hydrogens is 165 g/mol. The molecule has 0 atom stereocenters. The third-order valence-electron chi connectivity index (χ3n) is 1.46. The number of alkyl halides is 1. The van der Waals surface area contributed by atoms with Crippen LogP contribution < -0.4 is 0 Å². The second-order valence-corrected chi connectivity index (χ2v) is 2.53. The predicted octanol–water partition coefficient (Wildman–Crippen LogP) is 2.52. The van der Waals surface area contributed by atoms with Crippen molar-refractivity contribution in [2.75, 3.05) is 0 Å². The van der Waals surface area contributed by atoms with E-state index in [1.54, 1.807) is 6.20 Å². The molecule has 1 aromatic rings. The minimum absolute atomic E-state index is 0.259. The second kappa shape index (κ2) is 3.67. The number of aryl methyl sites for hydroxylation is 1. The zero-order valence-corrected chi connectivity index (χ0v) is 7.03. The molecule has 0 unspecified atom stereocenters. The molecule has 0 amide bonds. The third kappa shape index (κ3) is 1.90. The van der Waals surface area contributed by atoms with Crippen molar-refractivity contribution in [3.05, 3.63) is 29.3 Å². The van der Waals surface area contributed by atoms with Gasteiger partial charge in [-0.05, 0) is 18.1 Å². The van der Waals surface area contributed by atoms with Crippen LogP contribution in [0.5, 0.6) is 0 Å². The Morgan fingerprint density at radius 1 is 1.64 bits per heavy atom. The van der Waals surface area contributed by atoms with Crippen LogP contribution >= 0.6 is 11.6 Å². The summed E-state index contributed by atoms with van der Waals surface area (Å²) in [5, 5.41) is 0. The lowest BCUT2D eigenvalue weighted by molar-refractivity contribution is 0.600. The molecule has 0 aliphatic carbocycles. The van der Waals surface area contributed by atoms with Crippen LogP contribution in [0, 0.1) is 5.82 Å². The molecule has 1 rings (SSSR count). The number of nitrogens with zero attached hydrogens (tertiary/aromatic N) is 1. The molecule has 0 N–H and O–H groups in total. The molecule has 0 radical (unpaired) electrons. The Balaban J connectivity index is 2.99. The van der Waals surface area contributed by atoms with Crippen molar-refractivity contribution in [2.24, 2.45) is 0 Å². The number of rotatable bonds is 2. The Morgan fingerprint density at radius 3 is 2.82 bits per heavy atom. The number of pyridine rings is 1. The first-order chi connectivity index (χ1) is 5.27. The van der Waals surface area contributed by atoms with E-state index in [2.05, 4.69) is 4.98 Å². The Labute approximate surface area is 70.2 Å². The minimum atomic E-state index is -0.259. The normalized spacial score (nSPS) is 10.1. The average Bonchev–Trinajstić information content (AvgIpc) is 2.04. The van der Waals surface area contributed by atoms with Gasteiger partial charge < -0.3 is 0 Å². The van der Waals surface area contributed by atoms with Crippen molar-refractivity contribution in [1.29, 1.82) is 0 Å². The Bertz CT molecular complexity index is 250. The van der Waals surface area contributed by atoms with Gasteiger partial charge in [0.15, 0.2) is 0 Å². The van der Waals surface area contributed by atoms with Gasteiger partial charge >= 0.3 is 0 Å². The highest BCUT2D eigenvalue weighted by Gasteiger charge is 2.01. The standard InChI is InChI=1S/C8H9ClFN/c1-2-8-7(10)3-6(4-9)5-11-8/h3,5H,2,4H2,1H3. The molecule has 60 valence electrons. The summed E-state index contributed by atoms with van der Waals surface area (Å²) in [6.45, 7) is 1.87. The SMILES string of the molecule is CCc1ncc(CCl)cc1F. The second-order valence-electron chi connectivity index (χ2n) is 2.26. The summed E-state index contributed by atoms with van der Waals surface area (Å²) >= 11 is 5.49. The van der Waals surface area contributed by atoms with E-state index in [0.717, 1.165) is 5.56 Å². The van der Waals surface area contributed by atoms with E-state index in [1.807, 2.05) is 6.92 Å². The maximum Gasteiger partial charge on any atom is 0.144 e. The van der Waals surface area contributed by atoms with Gasteiger partial charge in [-0.25, -0.2) is 4.39 Å². The smallest absolute Gasteiger partial charge is 0.144 e. The monoisotopic (exact) mass is 173 g/mol. The fourth-order valence-electron chi connectivity index (χ4n) is 0.839. The fraction of sp³-hybridized carbons (Fsp3) is 0.375. The van der Waals surface area contributed by atoms with E-state index < -0.39 is 0 Å². The summed E-state index contributed by atoms with van der Waals surface area (Å²) in [7, 11) is 0. The molecule has 0 aliphatic rings. The van der Waals surface area contributed by atoms with E-state index in [1.165, 1.54) is 6.07 Å². The summed E-state index contributed by atoms with van der Waals surface area (Å²) in [5.41, 5.74) is 1.22. The predicted molar refractivity (Wildman–Crippen MR) is 43.1 cm³/mol. The number of aromatic nitrogens is 1. The van der Waals surface area contributed by atoms with E-state index in [9.17, 15) is 4.39 Å². The lowest BCUT2D eigenvalue weighted by Gasteiger charge is -1.99. The van der Waals surface area contributed by atoms with Gasteiger partial charge in [0.05, 0.1) is 5.69 Å². The number of halogens is 2. The van der Waals surface area contributed by atoms with E-state index in [-0.39, 0.29) is 5.82 Å². The summed E-state index contributed by atoms with van der Waals surface area (Å²) in [6, 6.07) is 1.43. The van der Waals surface area contributed by atoms with Crippen LogP contribution in [0.3, 0.4) is 0 Å². The van der Waals surface area contributed by atoms with E-state index >= 15 is 0 Å². The number of hydrogen-bond acceptors (Lipinski definition) is 1. The molecule has 1 nitrogen and oxygen atoms in total. The van der Waals surface area contributed by atoms with Crippen molar-refractivity contribution in [2.45, 2.75) is 19.2 Å². The highest BCUT2D eigenvalue weighted by molar-refractivity contribution is 6.17. The highest BCUT2D eigenvalue weighted by Crippen LogP contribution is 2.09. The zero-order valence-electron chi connectivity index (χ0n) is 6.27. The minimum Gasteiger partial charge on any atom is -0.258 e. The van der Waals surface area contributed by atoms with Gasteiger partial charge in [0.25, 0.3) is 0 Å². The van der Waals surface area contributed by atoms with Crippen molar-refractivity contribution < 1.29 is 4.39 Å². The van der Waals surface area contributed by atoms with Gasteiger partial charge in [-0.3, -0.25) is 4.98 Å². The van der Waals surface area contributed by atoms with Crippen LogP contribution in [0.1, 0.15) is 18.2 Å². The van der Waals surface area contributed by atoms with Gasteiger partial charge in [-0.2, -0.15) is 0 Å². The van der Waals surface area contributed by atoms with Crippen molar-refractivity contribution >= 4 is 11.6 Å². The maximum atomic E-state index is 12.9. The summed E-state index contributed by atoms with van der Waals surface area (Å²) in [6.07, 6.45) is 2.23. The molecule has 3 heteroatoms. The first kappa shape index (κ1) is 8.47. The lowest BCUT2D eigenvalue weighted by Crippen LogP contribution is -1.94. The van der Waals surface area contributed by atoms with Gasteiger partial charge in [-0.15, -0.1) is 11.6 Å². The maximum absolute atomic E-state index is 12.9. The van der Waals surface area contributed by atoms with Gasteiger partial charge in [0.1, 0.15) is 5.82 Å². The van der Waals surface area contributed by atoms with Crippen LogP contribution in [0.4, 0.5) is 4.39 Å². The molecule has 0 fully saturated rings. The zero-order chi connectivity index (χ0) is 8.27. The molecule has 0 aromatic carbocycles. The highest BCUT2D eigenvalue weighted by atomic mass is 35.5. The van der Waals surface area contributed by atoms with Crippen molar-refractivity contribution in [1.82, 2.24) is 4.98 Å². The molecule has 0 saturated heterocycles. The van der Waals surface area contributed by atoms with Crippen LogP contribution in [-0.4, -0.2) is 4.98 Å². The molecule has 0 saturated carbocycles. The fourth-order valence-corrected chi connectivity index (χ4v) is 0.985. The molecular formula is C8H9ClFN. The first-order valence-corrected chi connectivity index (χ1v) is 4.00. The Hall–Kier alpha value is -0.630. The molecule has 1 heterocycles. The third-order valence-corrected chi connectivity index (χ3v) is 1.77. The first-order valence-electron chi connectivity index (χ1n) is 3.47. The summed E-state index contributed by atoms with van der Waals surface area (Å²) < 4.78 is 12.9. The lowest BCUT2D eigenvalue weighted by atomic mass is 10.2. The molecule has 0 aliphatic heterocycles.